The average molecular weight is 284 g/mol. The lowest BCUT2D eigenvalue weighted by Gasteiger charge is -2.05. The van der Waals surface area contributed by atoms with Crippen molar-refractivity contribution in [3.8, 4) is 0 Å². The fourth-order valence-electron chi connectivity index (χ4n) is 1.90. The highest BCUT2D eigenvalue weighted by Gasteiger charge is 2.22. The second kappa shape index (κ2) is 4.87. The van der Waals surface area contributed by atoms with Crippen LogP contribution in [0.25, 0.3) is 10.9 Å². The van der Waals surface area contributed by atoms with E-state index in [1.54, 1.807) is 0 Å². The van der Waals surface area contributed by atoms with Crippen LogP contribution in [0.15, 0.2) is 18.3 Å². The molecule has 2 aromatic rings. The molecular weight excluding hydrogens is 274 g/mol. The molecule has 0 spiro atoms. The average Bonchev–Trinajstić information content (AvgIpc) is 2.74. The van der Waals surface area contributed by atoms with Crippen LogP contribution in [-0.4, -0.2) is 27.0 Å². The van der Waals surface area contributed by atoms with Crippen molar-refractivity contribution in [2.24, 2.45) is 5.73 Å². The summed E-state index contributed by atoms with van der Waals surface area (Å²) in [5.41, 5.74) is 6.18. The first-order chi connectivity index (χ1) is 8.91. The lowest BCUT2D eigenvalue weighted by molar-refractivity contribution is -0.383. The standard InChI is InChI=1S/C11H10ClN3O4/c12-6-1-2-8(15(18)19)9-5(4-14-10(6)9)3-7(13)11(16)17/h1-2,4,7,14H,3,13H2,(H,16,17). The van der Waals surface area contributed by atoms with Gasteiger partial charge in [0.25, 0.3) is 5.69 Å². The fraction of sp³-hybridized carbons (Fsp3) is 0.182. The highest BCUT2D eigenvalue weighted by atomic mass is 35.5. The molecule has 19 heavy (non-hydrogen) atoms. The number of nitro groups is 1. The van der Waals surface area contributed by atoms with E-state index >= 15 is 0 Å². The molecule has 100 valence electrons. The molecule has 8 heteroatoms. The van der Waals surface area contributed by atoms with E-state index in [2.05, 4.69) is 4.98 Å². The van der Waals surface area contributed by atoms with Gasteiger partial charge in [-0.2, -0.15) is 0 Å². The quantitative estimate of drug-likeness (QED) is 0.582. The number of hydrogen-bond acceptors (Lipinski definition) is 4. The number of benzene rings is 1. The molecule has 0 saturated heterocycles. The third-order valence-electron chi connectivity index (χ3n) is 2.80. The molecule has 1 atom stereocenters. The number of non-ortho nitro benzene ring substituents is 1. The second-order valence-electron chi connectivity index (χ2n) is 4.04. The molecule has 0 aliphatic rings. The van der Waals surface area contributed by atoms with Gasteiger partial charge in [-0.1, -0.05) is 11.6 Å². The zero-order valence-corrected chi connectivity index (χ0v) is 10.3. The normalized spacial score (nSPS) is 12.5. The first kappa shape index (κ1) is 13.3. The van der Waals surface area contributed by atoms with E-state index < -0.39 is 16.9 Å². The molecule has 1 aromatic carbocycles. The Morgan fingerprint density at radius 1 is 1.58 bits per heavy atom. The lowest BCUT2D eigenvalue weighted by Crippen LogP contribution is -2.32. The van der Waals surface area contributed by atoms with Crippen molar-refractivity contribution in [3.63, 3.8) is 0 Å². The number of fused-ring (bicyclic) bond motifs is 1. The van der Waals surface area contributed by atoms with E-state index in [9.17, 15) is 14.9 Å². The van der Waals surface area contributed by atoms with Gasteiger partial charge in [0.2, 0.25) is 0 Å². The van der Waals surface area contributed by atoms with Crippen LogP contribution < -0.4 is 5.73 Å². The molecule has 0 saturated carbocycles. The number of carboxylic acids is 1. The van der Waals surface area contributed by atoms with Crippen molar-refractivity contribution in [1.82, 2.24) is 4.98 Å². The molecule has 0 aliphatic carbocycles. The predicted molar refractivity (Wildman–Crippen MR) is 69.3 cm³/mol. The van der Waals surface area contributed by atoms with Crippen molar-refractivity contribution < 1.29 is 14.8 Å². The lowest BCUT2D eigenvalue weighted by atomic mass is 10.0. The van der Waals surface area contributed by atoms with E-state index in [1.165, 1.54) is 18.3 Å². The fourth-order valence-corrected chi connectivity index (χ4v) is 2.11. The van der Waals surface area contributed by atoms with Crippen LogP contribution in [0.4, 0.5) is 5.69 Å². The van der Waals surface area contributed by atoms with Crippen molar-refractivity contribution in [1.29, 1.82) is 0 Å². The molecular formula is C11H10ClN3O4. The van der Waals surface area contributed by atoms with Gasteiger partial charge in [0.1, 0.15) is 6.04 Å². The third kappa shape index (κ3) is 2.38. The molecule has 0 aliphatic heterocycles. The van der Waals surface area contributed by atoms with Crippen LogP contribution in [0.3, 0.4) is 0 Å². The minimum absolute atomic E-state index is 0.0173. The van der Waals surface area contributed by atoms with Crippen molar-refractivity contribution in [2.45, 2.75) is 12.5 Å². The van der Waals surface area contributed by atoms with E-state index in [1.807, 2.05) is 0 Å². The summed E-state index contributed by atoms with van der Waals surface area (Å²) in [5.74, 6) is -1.17. The molecule has 1 heterocycles. The Balaban J connectivity index is 2.59. The van der Waals surface area contributed by atoms with E-state index in [4.69, 9.17) is 22.4 Å². The molecule has 1 unspecified atom stereocenters. The topological polar surface area (TPSA) is 122 Å². The van der Waals surface area contributed by atoms with E-state index in [0.29, 0.717) is 21.5 Å². The van der Waals surface area contributed by atoms with Crippen molar-refractivity contribution in [2.75, 3.05) is 0 Å². The van der Waals surface area contributed by atoms with Crippen LogP contribution in [0.5, 0.6) is 0 Å². The van der Waals surface area contributed by atoms with Gasteiger partial charge < -0.3 is 15.8 Å². The Labute approximate surface area is 112 Å². The predicted octanol–water partition coefficient (Wildman–Crippen LogP) is 1.68. The largest absolute Gasteiger partial charge is 0.480 e. The van der Waals surface area contributed by atoms with Crippen LogP contribution in [0.1, 0.15) is 5.56 Å². The van der Waals surface area contributed by atoms with E-state index in [0.717, 1.165) is 0 Å². The molecule has 2 rings (SSSR count). The zero-order chi connectivity index (χ0) is 14.2. The summed E-state index contributed by atoms with van der Waals surface area (Å²) in [4.78, 5) is 24.0. The summed E-state index contributed by atoms with van der Waals surface area (Å²) in [6, 6.07) is 1.57. The first-order valence-electron chi connectivity index (χ1n) is 5.33. The number of aromatic amines is 1. The molecule has 1 aromatic heterocycles. The summed E-state index contributed by atoms with van der Waals surface area (Å²) in [6.07, 6.45) is 1.48. The van der Waals surface area contributed by atoms with Crippen LogP contribution in [-0.2, 0) is 11.2 Å². The van der Waals surface area contributed by atoms with Crippen LogP contribution in [0.2, 0.25) is 5.02 Å². The molecule has 0 fully saturated rings. The number of aromatic nitrogens is 1. The summed E-state index contributed by atoms with van der Waals surface area (Å²) in [6.45, 7) is 0. The van der Waals surface area contributed by atoms with E-state index in [-0.39, 0.29) is 12.1 Å². The number of carboxylic acid groups (broad SMARTS) is 1. The molecule has 4 N–H and O–H groups in total. The molecule has 0 radical (unpaired) electrons. The number of H-pyrrole nitrogens is 1. The number of nitro benzene ring substituents is 1. The van der Waals surface area contributed by atoms with Gasteiger partial charge in [-0.3, -0.25) is 14.9 Å². The van der Waals surface area contributed by atoms with Crippen LogP contribution in [0, 0.1) is 10.1 Å². The zero-order valence-electron chi connectivity index (χ0n) is 9.59. The monoisotopic (exact) mass is 283 g/mol. The number of carbonyl (C=O) groups is 1. The Morgan fingerprint density at radius 2 is 2.26 bits per heavy atom. The Kier molecular flexibility index (Phi) is 3.41. The highest BCUT2D eigenvalue weighted by molar-refractivity contribution is 6.35. The number of nitrogens with two attached hydrogens (primary N) is 1. The highest BCUT2D eigenvalue weighted by Crippen LogP contribution is 2.33. The maximum Gasteiger partial charge on any atom is 0.320 e. The summed E-state index contributed by atoms with van der Waals surface area (Å²) in [5, 5.41) is 20.4. The van der Waals surface area contributed by atoms with Crippen LogP contribution >= 0.6 is 11.6 Å². The summed E-state index contributed by atoms with van der Waals surface area (Å²) >= 11 is 5.94. The Hall–Kier alpha value is -2.12. The Bertz CT molecular complexity index is 667. The number of aliphatic carboxylic acids is 1. The van der Waals surface area contributed by atoms with Gasteiger partial charge in [-0.05, 0) is 11.6 Å². The first-order valence-corrected chi connectivity index (χ1v) is 5.71. The van der Waals surface area contributed by atoms with Gasteiger partial charge >= 0.3 is 5.97 Å². The smallest absolute Gasteiger partial charge is 0.320 e. The number of halogens is 1. The molecule has 0 amide bonds. The summed E-state index contributed by atoms with van der Waals surface area (Å²) in [7, 11) is 0. The number of nitrogens with one attached hydrogen (secondary N) is 1. The van der Waals surface area contributed by atoms with Crippen molar-refractivity contribution in [3.05, 3.63) is 39.0 Å². The van der Waals surface area contributed by atoms with Gasteiger partial charge in [0.15, 0.2) is 0 Å². The maximum atomic E-state index is 11.0. The Morgan fingerprint density at radius 3 is 2.84 bits per heavy atom. The number of rotatable bonds is 4. The van der Waals surface area contributed by atoms with Gasteiger partial charge in [0, 0.05) is 18.7 Å². The van der Waals surface area contributed by atoms with Gasteiger partial charge in [-0.25, -0.2) is 0 Å². The minimum Gasteiger partial charge on any atom is -0.480 e. The maximum absolute atomic E-state index is 11.0. The second-order valence-corrected chi connectivity index (χ2v) is 4.44. The number of hydrogen-bond donors (Lipinski definition) is 3. The summed E-state index contributed by atoms with van der Waals surface area (Å²) < 4.78 is 0. The molecule has 7 nitrogen and oxygen atoms in total. The van der Waals surface area contributed by atoms with Crippen molar-refractivity contribution >= 4 is 34.2 Å². The third-order valence-corrected chi connectivity index (χ3v) is 3.11. The van der Waals surface area contributed by atoms with Gasteiger partial charge in [-0.15, -0.1) is 0 Å². The molecule has 0 bridgehead atoms. The number of nitrogens with zero attached hydrogens (tertiary/aromatic N) is 1. The van der Waals surface area contributed by atoms with Gasteiger partial charge in [0.05, 0.1) is 20.8 Å². The minimum atomic E-state index is -1.17. The SMILES string of the molecule is NC(Cc1c[nH]c2c(Cl)ccc([N+](=O)[O-])c12)C(=O)O.